The van der Waals surface area contributed by atoms with Crippen molar-refractivity contribution in [2.75, 3.05) is 0 Å². The van der Waals surface area contributed by atoms with E-state index in [2.05, 4.69) is 4.98 Å². The van der Waals surface area contributed by atoms with Crippen LogP contribution in [0.1, 0.15) is 6.42 Å². The number of halogens is 3. The van der Waals surface area contributed by atoms with Gasteiger partial charge in [-0.1, -0.05) is 12.1 Å². The van der Waals surface area contributed by atoms with Crippen molar-refractivity contribution < 1.29 is 31.5 Å². The third-order valence-corrected chi connectivity index (χ3v) is 4.49. The van der Waals surface area contributed by atoms with Crippen molar-refractivity contribution in [3.05, 3.63) is 36.7 Å². The largest absolute Gasteiger partial charge is 0.480 e. The Balaban J connectivity index is 2.42. The van der Waals surface area contributed by atoms with Crippen LogP contribution in [0.4, 0.5) is 13.2 Å². The van der Waals surface area contributed by atoms with E-state index in [1.165, 1.54) is 30.6 Å². The van der Waals surface area contributed by atoms with Crippen molar-refractivity contribution in [1.29, 1.82) is 0 Å². The highest BCUT2D eigenvalue weighted by atomic mass is 32.2. The third-order valence-electron chi connectivity index (χ3n) is 2.96. The summed E-state index contributed by atoms with van der Waals surface area (Å²) in [5, 5.41) is 9.51. The van der Waals surface area contributed by atoms with E-state index >= 15 is 0 Å². The Bertz CT molecular complexity index is 831. The van der Waals surface area contributed by atoms with Crippen LogP contribution in [0, 0.1) is 0 Å². The van der Waals surface area contributed by atoms with Crippen molar-refractivity contribution in [3.63, 3.8) is 0 Å². The van der Waals surface area contributed by atoms with E-state index in [1.54, 1.807) is 10.8 Å². The van der Waals surface area contributed by atoms with Crippen LogP contribution in [-0.4, -0.2) is 36.7 Å². The van der Waals surface area contributed by atoms with E-state index in [1.807, 2.05) is 0 Å². The van der Waals surface area contributed by atoms with Crippen LogP contribution in [-0.2, 0) is 14.8 Å². The van der Waals surface area contributed by atoms with Gasteiger partial charge in [-0.3, -0.25) is 9.78 Å². The van der Waals surface area contributed by atoms with Crippen molar-refractivity contribution >= 4 is 26.8 Å². The van der Waals surface area contributed by atoms with Crippen LogP contribution in [0.3, 0.4) is 0 Å². The van der Waals surface area contributed by atoms with E-state index in [0.29, 0.717) is 5.39 Å². The summed E-state index contributed by atoms with van der Waals surface area (Å²) in [5.74, 6) is -1.91. The molecule has 1 aromatic carbocycles. The Morgan fingerprint density at radius 2 is 2.00 bits per heavy atom. The van der Waals surface area contributed by atoms with E-state index in [0.717, 1.165) is 0 Å². The average Bonchev–Trinajstić information content (AvgIpc) is 2.44. The molecule has 0 aliphatic heterocycles. The standard InChI is InChI=1S/C13H11F3N2O4S/c14-13(15,16)6-10(12(19)20)18-23(21,22)11-3-1-2-8-7-17-5-4-9(8)11/h1-5,7,10,18H,6H2,(H,19,20). The van der Waals surface area contributed by atoms with Gasteiger partial charge >= 0.3 is 12.1 Å². The zero-order valence-electron chi connectivity index (χ0n) is 11.4. The molecule has 6 nitrogen and oxygen atoms in total. The molecule has 0 bridgehead atoms. The predicted octanol–water partition coefficient (Wildman–Crippen LogP) is 1.92. The molecule has 1 atom stereocenters. The topological polar surface area (TPSA) is 96.4 Å². The number of hydrogen-bond donors (Lipinski definition) is 2. The van der Waals surface area contributed by atoms with Crippen molar-refractivity contribution in [3.8, 4) is 0 Å². The number of aliphatic carboxylic acids is 1. The Labute approximate surface area is 129 Å². The number of rotatable bonds is 5. The number of alkyl halides is 3. The van der Waals surface area contributed by atoms with E-state index in [9.17, 15) is 26.4 Å². The molecule has 0 spiro atoms. The van der Waals surface area contributed by atoms with Crippen molar-refractivity contribution in [2.45, 2.75) is 23.5 Å². The monoisotopic (exact) mass is 348 g/mol. The van der Waals surface area contributed by atoms with Crippen LogP contribution in [0.5, 0.6) is 0 Å². The molecular weight excluding hydrogens is 337 g/mol. The molecule has 0 aliphatic carbocycles. The molecule has 23 heavy (non-hydrogen) atoms. The molecule has 2 N–H and O–H groups in total. The number of nitrogens with zero attached hydrogens (tertiary/aromatic N) is 1. The zero-order chi connectivity index (χ0) is 17.3. The number of carboxylic acids is 1. The molecule has 0 amide bonds. The lowest BCUT2D eigenvalue weighted by atomic mass is 10.2. The summed E-state index contributed by atoms with van der Waals surface area (Å²) in [6, 6.07) is 3.21. The number of aromatic nitrogens is 1. The summed E-state index contributed by atoms with van der Waals surface area (Å²) in [6.45, 7) is 0. The lowest BCUT2D eigenvalue weighted by molar-refractivity contribution is -0.157. The smallest absolute Gasteiger partial charge is 0.391 e. The Hall–Kier alpha value is -2.20. The van der Waals surface area contributed by atoms with Crippen LogP contribution in [0.25, 0.3) is 10.8 Å². The van der Waals surface area contributed by atoms with Crippen molar-refractivity contribution in [2.24, 2.45) is 0 Å². The fraction of sp³-hybridized carbons (Fsp3) is 0.231. The van der Waals surface area contributed by atoms with Gasteiger partial charge in [0.15, 0.2) is 0 Å². The summed E-state index contributed by atoms with van der Waals surface area (Å²) in [6.07, 6.45) is -3.92. The number of benzene rings is 1. The highest BCUT2D eigenvalue weighted by Crippen LogP contribution is 2.25. The quantitative estimate of drug-likeness (QED) is 0.861. The second-order valence-electron chi connectivity index (χ2n) is 4.68. The van der Waals surface area contributed by atoms with Crippen LogP contribution in [0.15, 0.2) is 41.6 Å². The molecule has 0 saturated carbocycles. The molecule has 0 saturated heterocycles. The minimum Gasteiger partial charge on any atom is -0.480 e. The Kier molecular flexibility index (Phi) is 4.57. The summed E-state index contributed by atoms with van der Waals surface area (Å²) >= 11 is 0. The van der Waals surface area contributed by atoms with Gasteiger partial charge in [-0.25, -0.2) is 8.42 Å². The van der Waals surface area contributed by atoms with Gasteiger partial charge in [-0.05, 0) is 12.1 Å². The fourth-order valence-electron chi connectivity index (χ4n) is 1.99. The van der Waals surface area contributed by atoms with Gasteiger partial charge in [-0.15, -0.1) is 0 Å². The minimum atomic E-state index is -4.83. The molecule has 124 valence electrons. The summed E-state index contributed by atoms with van der Waals surface area (Å²) in [4.78, 5) is 14.4. The van der Waals surface area contributed by atoms with Crippen LogP contribution < -0.4 is 4.72 Å². The fourth-order valence-corrected chi connectivity index (χ4v) is 3.41. The summed E-state index contributed by atoms with van der Waals surface area (Å²) in [5.41, 5.74) is 0. The second-order valence-corrected chi connectivity index (χ2v) is 6.37. The lowest BCUT2D eigenvalue weighted by Crippen LogP contribution is -2.43. The first-order valence-electron chi connectivity index (χ1n) is 6.25. The highest BCUT2D eigenvalue weighted by Gasteiger charge is 2.38. The molecule has 2 aromatic rings. The third kappa shape index (κ3) is 4.17. The molecular formula is C13H11F3N2O4S. The lowest BCUT2D eigenvalue weighted by Gasteiger charge is -2.17. The van der Waals surface area contributed by atoms with Gasteiger partial charge in [0.05, 0.1) is 11.3 Å². The molecule has 1 heterocycles. The maximum Gasteiger partial charge on any atom is 0.391 e. The van der Waals surface area contributed by atoms with Crippen LogP contribution in [0.2, 0.25) is 0 Å². The van der Waals surface area contributed by atoms with E-state index in [-0.39, 0.29) is 10.3 Å². The van der Waals surface area contributed by atoms with Crippen LogP contribution >= 0.6 is 0 Å². The van der Waals surface area contributed by atoms with Gasteiger partial charge in [0.2, 0.25) is 10.0 Å². The Morgan fingerprint density at radius 1 is 1.30 bits per heavy atom. The van der Waals surface area contributed by atoms with Gasteiger partial charge in [-0.2, -0.15) is 17.9 Å². The number of pyridine rings is 1. The van der Waals surface area contributed by atoms with Gasteiger partial charge < -0.3 is 5.11 Å². The molecule has 1 aromatic heterocycles. The SMILES string of the molecule is O=C(O)C(CC(F)(F)F)NS(=O)(=O)c1cccc2cnccc12. The maximum absolute atomic E-state index is 12.4. The number of nitrogens with one attached hydrogen (secondary N) is 1. The normalized spacial score (nSPS) is 13.9. The first-order valence-corrected chi connectivity index (χ1v) is 7.73. The number of carboxylic acid groups (broad SMARTS) is 1. The van der Waals surface area contributed by atoms with E-state index < -0.39 is 34.6 Å². The molecule has 0 aliphatic rings. The highest BCUT2D eigenvalue weighted by molar-refractivity contribution is 7.89. The zero-order valence-corrected chi connectivity index (χ0v) is 12.2. The predicted molar refractivity (Wildman–Crippen MR) is 74.2 cm³/mol. The van der Waals surface area contributed by atoms with Gasteiger partial charge in [0, 0.05) is 23.2 Å². The Morgan fingerprint density at radius 3 is 2.61 bits per heavy atom. The molecule has 2 rings (SSSR count). The number of carbonyl (C=O) groups is 1. The molecule has 0 radical (unpaired) electrons. The molecule has 0 fully saturated rings. The maximum atomic E-state index is 12.4. The van der Waals surface area contributed by atoms with Crippen molar-refractivity contribution in [1.82, 2.24) is 9.71 Å². The number of hydrogen-bond acceptors (Lipinski definition) is 4. The molecule has 10 heteroatoms. The first kappa shape index (κ1) is 17.2. The van der Waals surface area contributed by atoms with E-state index in [4.69, 9.17) is 5.11 Å². The van der Waals surface area contributed by atoms with Gasteiger partial charge in [0.25, 0.3) is 0 Å². The number of fused-ring (bicyclic) bond motifs is 1. The minimum absolute atomic E-state index is 0.228. The summed E-state index contributed by atoms with van der Waals surface area (Å²) in [7, 11) is -4.46. The molecule has 1 unspecified atom stereocenters. The van der Waals surface area contributed by atoms with Gasteiger partial charge in [0.1, 0.15) is 6.04 Å². The second kappa shape index (κ2) is 6.13. The summed E-state index contributed by atoms with van der Waals surface area (Å²) < 4.78 is 63.3. The average molecular weight is 348 g/mol. The number of sulfonamides is 1. The first-order chi connectivity index (χ1) is 10.6.